The summed E-state index contributed by atoms with van der Waals surface area (Å²) in [6.07, 6.45) is 5.55. The Morgan fingerprint density at radius 1 is 1.16 bits per heavy atom. The maximum Gasteiger partial charge on any atom is 0.0711 e. The zero-order chi connectivity index (χ0) is 14.1. The molecule has 0 aromatic heterocycles. The maximum absolute atomic E-state index is 5.63. The first-order valence-electron chi connectivity index (χ1n) is 6.77. The van der Waals surface area contributed by atoms with Crippen LogP contribution < -0.4 is 0 Å². The van der Waals surface area contributed by atoms with Crippen molar-refractivity contribution in [1.29, 1.82) is 0 Å². The van der Waals surface area contributed by atoms with Gasteiger partial charge >= 0.3 is 0 Å². The van der Waals surface area contributed by atoms with Gasteiger partial charge in [0.1, 0.15) is 0 Å². The first kappa shape index (κ1) is 15.9. The van der Waals surface area contributed by atoms with Crippen molar-refractivity contribution in [1.82, 2.24) is 9.80 Å². The summed E-state index contributed by atoms with van der Waals surface area (Å²) in [5.41, 5.74) is 1.85. The maximum atomic E-state index is 5.63. The largest absolute Gasteiger partial charge is 0.375 e. The van der Waals surface area contributed by atoms with Crippen LogP contribution in [0.15, 0.2) is 49.1 Å². The van der Waals surface area contributed by atoms with Crippen LogP contribution in [0.5, 0.6) is 0 Å². The molecule has 1 heterocycles. The minimum Gasteiger partial charge on any atom is -0.375 e. The predicted octanol–water partition coefficient (Wildman–Crippen LogP) is 2.10. The van der Waals surface area contributed by atoms with Gasteiger partial charge in [0.15, 0.2) is 0 Å². The van der Waals surface area contributed by atoms with Gasteiger partial charge in [-0.15, -0.1) is 0 Å². The van der Waals surface area contributed by atoms with Crippen molar-refractivity contribution in [2.24, 2.45) is 0 Å². The van der Waals surface area contributed by atoms with Crippen molar-refractivity contribution >= 4 is 0 Å². The molecule has 0 atom stereocenters. The van der Waals surface area contributed by atoms with Gasteiger partial charge in [0.2, 0.25) is 0 Å². The van der Waals surface area contributed by atoms with Crippen LogP contribution in [-0.2, 0) is 4.74 Å². The zero-order valence-corrected chi connectivity index (χ0v) is 12.1. The molecule has 1 aliphatic rings. The molecule has 0 aliphatic carbocycles. The average Bonchev–Trinajstić information content (AvgIpc) is 2.42. The second-order valence-corrected chi connectivity index (χ2v) is 4.97. The van der Waals surface area contributed by atoms with Crippen LogP contribution in [0.3, 0.4) is 0 Å². The van der Waals surface area contributed by atoms with E-state index in [-0.39, 0.29) is 0 Å². The van der Waals surface area contributed by atoms with E-state index in [0.29, 0.717) is 6.61 Å². The second kappa shape index (κ2) is 8.86. The summed E-state index contributed by atoms with van der Waals surface area (Å²) in [5.74, 6) is 0. The quantitative estimate of drug-likeness (QED) is 0.492. The van der Waals surface area contributed by atoms with Crippen LogP contribution in [0.1, 0.15) is 0 Å². The summed E-state index contributed by atoms with van der Waals surface area (Å²) in [4.78, 5) is 4.80. The lowest BCUT2D eigenvalue weighted by Gasteiger charge is -2.32. The molecule has 0 spiro atoms. The van der Waals surface area contributed by atoms with Crippen LogP contribution in [0.4, 0.5) is 0 Å². The van der Waals surface area contributed by atoms with Gasteiger partial charge in [-0.3, -0.25) is 4.90 Å². The minimum absolute atomic E-state index is 0.578. The summed E-state index contributed by atoms with van der Waals surface area (Å²) < 4.78 is 5.63. The Morgan fingerprint density at radius 2 is 1.84 bits per heavy atom. The number of rotatable bonds is 8. The molecule has 0 bridgehead atoms. The Hall–Kier alpha value is -1.16. The van der Waals surface area contributed by atoms with Crippen molar-refractivity contribution in [2.75, 3.05) is 53.0 Å². The summed E-state index contributed by atoms with van der Waals surface area (Å²) in [6.45, 7) is 18.3. The molecule has 3 nitrogen and oxygen atoms in total. The van der Waals surface area contributed by atoms with Crippen LogP contribution in [0.25, 0.3) is 0 Å². The van der Waals surface area contributed by atoms with Crippen LogP contribution >= 0.6 is 0 Å². The normalized spacial score (nSPS) is 17.7. The Labute approximate surface area is 117 Å². The van der Waals surface area contributed by atoms with Crippen molar-refractivity contribution in [3.8, 4) is 0 Å². The molecule has 106 valence electrons. The molecule has 1 fully saturated rings. The molecule has 1 aliphatic heterocycles. The molecular formula is C16H26N2O. The highest BCUT2D eigenvalue weighted by Gasteiger charge is 2.12. The van der Waals surface area contributed by atoms with Gasteiger partial charge in [0.05, 0.1) is 13.2 Å². The van der Waals surface area contributed by atoms with Gasteiger partial charge < -0.3 is 9.64 Å². The third-order valence-corrected chi connectivity index (χ3v) is 3.23. The van der Waals surface area contributed by atoms with E-state index in [2.05, 4.69) is 36.6 Å². The number of nitrogens with zero attached hydrogens (tertiary/aromatic N) is 2. The van der Waals surface area contributed by atoms with Crippen molar-refractivity contribution in [2.45, 2.75) is 0 Å². The third kappa shape index (κ3) is 7.11. The number of ether oxygens (including phenoxy) is 1. The highest BCUT2D eigenvalue weighted by atomic mass is 16.5. The van der Waals surface area contributed by atoms with Crippen LogP contribution in [0.2, 0.25) is 0 Å². The fraction of sp³-hybridized carbons (Fsp3) is 0.500. The summed E-state index contributed by atoms with van der Waals surface area (Å²) >= 11 is 0. The molecule has 0 aromatic carbocycles. The number of hydrogen-bond donors (Lipinski definition) is 0. The van der Waals surface area contributed by atoms with E-state index in [1.54, 1.807) is 6.08 Å². The first-order chi connectivity index (χ1) is 9.11. The summed E-state index contributed by atoms with van der Waals surface area (Å²) in [6, 6.07) is 0. The third-order valence-electron chi connectivity index (χ3n) is 3.23. The fourth-order valence-corrected chi connectivity index (χ4v) is 1.81. The van der Waals surface area contributed by atoms with Crippen LogP contribution in [-0.4, -0.2) is 62.8 Å². The van der Waals surface area contributed by atoms with Crippen molar-refractivity contribution in [3.05, 3.63) is 49.1 Å². The molecule has 0 N–H and O–H groups in total. The topological polar surface area (TPSA) is 15.7 Å². The lowest BCUT2D eigenvalue weighted by molar-refractivity contribution is 0.0929. The average molecular weight is 262 g/mol. The molecule has 0 radical (unpaired) electrons. The highest BCUT2D eigenvalue weighted by molar-refractivity contribution is 5.30. The highest BCUT2D eigenvalue weighted by Crippen LogP contribution is 2.01. The zero-order valence-electron chi connectivity index (χ0n) is 12.1. The monoisotopic (exact) mass is 262 g/mol. The number of allylic oxidation sites excluding steroid dienone is 3. The molecule has 1 saturated heterocycles. The first-order valence-corrected chi connectivity index (χ1v) is 6.77. The molecule has 0 amide bonds. The van der Waals surface area contributed by atoms with Gasteiger partial charge in [0.25, 0.3) is 0 Å². The Bertz CT molecular complexity index is 339. The molecular weight excluding hydrogens is 236 g/mol. The fourth-order valence-electron chi connectivity index (χ4n) is 1.81. The lowest BCUT2D eigenvalue weighted by atomic mass is 10.2. The van der Waals surface area contributed by atoms with E-state index >= 15 is 0 Å². The van der Waals surface area contributed by atoms with Gasteiger partial charge in [-0.25, -0.2) is 0 Å². The molecule has 19 heavy (non-hydrogen) atoms. The SMILES string of the molecule is C=CC(=C)/C=C\C(=C)COCCN1CCN(C)CC1. The van der Waals surface area contributed by atoms with E-state index in [1.807, 2.05) is 12.2 Å². The second-order valence-electron chi connectivity index (χ2n) is 4.97. The summed E-state index contributed by atoms with van der Waals surface area (Å²) in [7, 11) is 2.17. The molecule has 3 heteroatoms. The minimum atomic E-state index is 0.578. The summed E-state index contributed by atoms with van der Waals surface area (Å²) in [5, 5.41) is 0. The lowest BCUT2D eigenvalue weighted by Crippen LogP contribution is -2.45. The Morgan fingerprint density at radius 3 is 2.47 bits per heavy atom. The number of likely N-dealkylation sites (N-methyl/N-ethyl adjacent to an activating group) is 1. The Balaban J connectivity index is 2.07. The van der Waals surface area contributed by atoms with Gasteiger partial charge in [-0.2, -0.15) is 0 Å². The molecule has 0 unspecified atom stereocenters. The predicted molar refractivity (Wildman–Crippen MR) is 82.4 cm³/mol. The standard InChI is InChI=1S/C16H26N2O/c1-5-15(2)6-7-16(3)14-19-13-12-18-10-8-17(4)9-11-18/h5-7H,1-3,8-14H2,4H3/b7-6-. The van der Waals surface area contributed by atoms with Gasteiger partial charge in [-0.1, -0.05) is 38.0 Å². The molecule has 0 aromatic rings. The van der Waals surface area contributed by atoms with E-state index in [1.165, 1.54) is 0 Å². The molecule has 1 rings (SSSR count). The number of hydrogen-bond acceptors (Lipinski definition) is 3. The number of piperazine rings is 1. The smallest absolute Gasteiger partial charge is 0.0711 e. The van der Waals surface area contributed by atoms with Gasteiger partial charge in [-0.05, 0) is 18.2 Å². The van der Waals surface area contributed by atoms with E-state index in [4.69, 9.17) is 4.74 Å². The van der Waals surface area contributed by atoms with E-state index in [9.17, 15) is 0 Å². The van der Waals surface area contributed by atoms with Gasteiger partial charge in [0, 0.05) is 32.7 Å². The Kier molecular flexibility index (Phi) is 7.41. The van der Waals surface area contributed by atoms with E-state index < -0.39 is 0 Å². The van der Waals surface area contributed by atoms with Crippen molar-refractivity contribution < 1.29 is 4.74 Å². The van der Waals surface area contributed by atoms with E-state index in [0.717, 1.165) is 50.5 Å². The van der Waals surface area contributed by atoms with Crippen LogP contribution in [0, 0.1) is 0 Å². The molecule has 0 saturated carbocycles. The van der Waals surface area contributed by atoms with Crippen molar-refractivity contribution in [3.63, 3.8) is 0 Å².